The summed E-state index contributed by atoms with van der Waals surface area (Å²) < 4.78 is 48.6. The number of pyridine rings is 1. The van der Waals surface area contributed by atoms with E-state index in [-0.39, 0.29) is 45.3 Å². The second-order valence-electron chi connectivity index (χ2n) is 20.2. The van der Waals surface area contributed by atoms with Crippen molar-refractivity contribution in [2.45, 2.75) is 117 Å². The minimum Gasteiger partial charge on any atom is -0.491 e. The first-order valence-corrected chi connectivity index (χ1v) is 26.3. The molecule has 360 valence electrons. The van der Waals surface area contributed by atoms with Gasteiger partial charge < -0.3 is 29.2 Å². The van der Waals surface area contributed by atoms with Gasteiger partial charge >= 0.3 is 0 Å². The average Bonchev–Trinajstić information content (AvgIpc) is 3.79. The van der Waals surface area contributed by atoms with E-state index in [0.29, 0.717) is 48.7 Å². The number of piperidine rings is 1. The Bertz CT molecular complexity index is 2810. The van der Waals surface area contributed by atoms with Crippen molar-refractivity contribution in [3.05, 3.63) is 106 Å². The molecule has 2 saturated carbocycles. The van der Waals surface area contributed by atoms with Crippen LogP contribution in [0.15, 0.2) is 88.9 Å². The zero-order chi connectivity index (χ0) is 47.4. The van der Waals surface area contributed by atoms with Gasteiger partial charge in [-0.25, -0.2) is 18.1 Å². The van der Waals surface area contributed by atoms with E-state index in [1.54, 1.807) is 24.4 Å². The number of ether oxygens (including phenoxy) is 3. The number of fused-ring (bicyclic) bond motifs is 2. The van der Waals surface area contributed by atoms with Crippen LogP contribution in [-0.2, 0) is 14.8 Å². The Morgan fingerprint density at radius 3 is 2.59 bits per heavy atom. The van der Waals surface area contributed by atoms with Crippen molar-refractivity contribution in [1.82, 2.24) is 19.6 Å². The van der Waals surface area contributed by atoms with Crippen LogP contribution in [0.4, 0.5) is 11.4 Å². The summed E-state index contributed by atoms with van der Waals surface area (Å²) in [5, 5.41) is 23.6. The molecule has 4 fully saturated rings. The highest BCUT2D eigenvalue weighted by Gasteiger charge is 2.50. The van der Waals surface area contributed by atoms with Crippen LogP contribution in [-0.4, -0.2) is 95.6 Å². The minimum absolute atomic E-state index is 0.0350. The summed E-state index contributed by atoms with van der Waals surface area (Å²) in [6.07, 6.45) is 11.5. The predicted octanol–water partition coefficient (Wildman–Crippen LogP) is 9.51. The van der Waals surface area contributed by atoms with E-state index in [0.717, 1.165) is 88.3 Å². The maximum absolute atomic E-state index is 14.1. The first-order valence-electron chi connectivity index (χ1n) is 24.0. The number of amides is 1. The monoisotopic (exact) mass is 964 g/mol. The number of anilines is 1. The van der Waals surface area contributed by atoms with Crippen LogP contribution in [0.5, 0.6) is 17.2 Å². The van der Waals surface area contributed by atoms with E-state index in [2.05, 4.69) is 62.6 Å². The molecular weight excluding hydrogens is 905 g/mol. The molecule has 3 aromatic carbocycles. The van der Waals surface area contributed by atoms with Crippen LogP contribution in [0.3, 0.4) is 0 Å². The number of thioether (sulfide) groups is 1. The summed E-state index contributed by atoms with van der Waals surface area (Å²) in [6.45, 7) is 10.6. The number of aliphatic hydroxyl groups is 1. The normalized spacial score (nSPS) is 24.3. The third-order valence-electron chi connectivity index (χ3n) is 15.2. The molecule has 68 heavy (non-hydrogen) atoms. The second kappa shape index (κ2) is 18.6. The first-order chi connectivity index (χ1) is 32.6. The van der Waals surface area contributed by atoms with Crippen molar-refractivity contribution < 1.29 is 37.5 Å². The molecular formula is C51H60N6O9S2. The minimum atomic E-state index is -4.64. The highest BCUT2D eigenvalue weighted by Crippen LogP contribution is 2.54. The number of nitro groups is 1. The number of nitrogens with zero attached hydrogens (tertiary/aromatic N) is 4. The Morgan fingerprint density at radius 1 is 1.04 bits per heavy atom. The molecule has 15 nitrogen and oxygen atoms in total. The van der Waals surface area contributed by atoms with Crippen molar-refractivity contribution in [3.8, 4) is 17.2 Å². The molecule has 5 aliphatic rings. The highest BCUT2D eigenvalue weighted by atomic mass is 32.2. The van der Waals surface area contributed by atoms with Crippen LogP contribution in [0.1, 0.15) is 112 Å². The number of aromatic amines is 1. The molecule has 3 aliphatic heterocycles. The average molecular weight is 965 g/mol. The number of carbonyl (C=O) groups excluding carboxylic acids is 1. The summed E-state index contributed by atoms with van der Waals surface area (Å²) in [7, 11) is -4.64. The number of aromatic nitrogens is 2. The molecule has 3 N–H and O–H groups in total. The van der Waals surface area contributed by atoms with E-state index < -0.39 is 37.0 Å². The fourth-order valence-corrected chi connectivity index (χ4v) is 13.6. The fraction of sp³-hybridized carbons (Fsp3) is 0.490. The Morgan fingerprint density at radius 2 is 1.82 bits per heavy atom. The first kappa shape index (κ1) is 46.5. The molecule has 0 radical (unpaired) electrons. The molecule has 5 aromatic rings. The van der Waals surface area contributed by atoms with Gasteiger partial charge in [-0.05, 0) is 117 Å². The molecule has 0 bridgehead atoms. The van der Waals surface area contributed by atoms with Gasteiger partial charge in [0.05, 0.1) is 46.4 Å². The van der Waals surface area contributed by atoms with Crippen molar-refractivity contribution >= 4 is 50.1 Å². The number of nitro benzene ring substituents is 1. The van der Waals surface area contributed by atoms with Crippen molar-refractivity contribution in [2.75, 3.05) is 44.4 Å². The van der Waals surface area contributed by atoms with Gasteiger partial charge in [0.1, 0.15) is 34.4 Å². The lowest BCUT2D eigenvalue weighted by atomic mass is 9.59. The van der Waals surface area contributed by atoms with E-state index in [1.165, 1.54) is 35.2 Å². The summed E-state index contributed by atoms with van der Waals surface area (Å²) in [5.41, 5.74) is 3.41. The molecule has 5 heterocycles. The molecule has 2 saturated heterocycles. The number of morpholine rings is 1. The predicted molar refractivity (Wildman–Crippen MR) is 260 cm³/mol. The standard InChI is InChI=1S/C51H60N6O9S2/c1-32(2)40-6-4-5-7-41(40)44-31-64-21-20-56(44)36-27-51(28-36)15-18-55(19-16-51)35-8-9-42(45(24-35)66-37-23-34-12-17-52-48(34)53-29-37)49(58)54-68(62,63)39-25-43(57(60)61)47-46(26-39)65-30-38(67-47)22-33-10-13-50(3,59)14-11-33/h4-9,12,17,23-26,29,32-33,36,38,44,59H,10-11,13-16,18-22,27-28,30-31H2,1-3H3,(H,52,53)(H,54,58)/t33?,38-,44-,50?/m0/s1. The van der Waals surface area contributed by atoms with Gasteiger partial charge in [-0.2, -0.15) is 0 Å². The van der Waals surface area contributed by atoms with Crippen molar-refractivity contribution in [1.29, 1.82) is 0 Å². The number of H-pyrrole nitrogens is 1. The van der Waals surface area contributed by atoms with Gasteiger partial charge in [0.15, 0.2) is 0 Å². The maximum atomic E-state index is 14.1. The number of rotatable bonds is 12. The fourth-order valence-electron chi connectivity index (χ4n) is 11.3. The van der Waals surface area contributed by atoms with Crippen LogP contribution >= 0.6 is 11.8 Å². The highest BCUT2D eigenvalue weighted by molar-refractivity contribution is 8.00. The van der Waals surface area contributed by atoms with E-state index in [9.17, 15) is 28.4 Å². The number of hydrogen-bond donors (Lipinski definition) is 3. The molecule has 0 unspecified atom stereocenters. The van der Waals surface area contributed by atoms with Crippen molar-refractivity contribution in [2.24, 2.45) is 11.3 Å². The SMILES string of the molecule is CC(C)c1ccccc1[C@@H]1COCCN1C1CC2(CCN(c3ccc(C(=O)NS(=O)(=O)c4cc5c(c([N+](=O)[O-])c4)S[C@@H](CC4CCC(C)(O)CC4)CO5)c(Oc4cnc5[nH]ccc5c4)c3)CC2)C1. The summed E-state index contributed by atoms with van der Waals surface area (Å²) in [5.74, 6) is 0.403. The van der Waals surface area contributed by atoms with Gasteiger partial charge in [-0.15, -0.1) is 11.8 Å². The Balaban J connectivity index is 0.847. The van der Waals surface area contributed by atoms with E-state index in [1.807, 2.05) is 19.1 Å². The Labute approximate surface area is 401 Å². The van der Waals surface area contributed by atoms with Gasteiger partial charge in [-0.1, -0.05) is 38.1 Å². The van der Waals surface area contributed by atoms with E-state index >= 15 is 0 Å². The number of nitrogens with one attached hydrogen (secondary N) is 2. The second-order valence-corrected chi connectivity index (χ2v) is 23.2. The smallest absolute Gasteiger partial charge is 0.288 e. The lowest BCUT2D eigenvalue weighted by molar-refractivity contribution is -0.388. The van der Waals surface area contributed by atoms with Crippen LogP contribution in [0.2, 0.25) is 0 Å². The number of carbonyl (C=O) groups is 1. The quantitative estimate of drug-likeness (QED) is 0.0793. The van der Waals surface area contributed by atoms with Crippen LogP contribution in [0.25, 0.3) is 11.0 Å². The van der Waals surface area contributed by atoms with Gasteiger partial charge in [0.25, 0.3) is 21.6 Å². The number of benzene rings is 3. The molecule has 2 aliphatic carbocycles. The Hall–Kier alpha value is -5.20. The molecule has 2 aromatic heterocycles. The Kier molecular flexibility index (Phi) is 12.7. The number of hydrogen-bond acceptors (Lipinski definition) is 13. The lowest BCUT2D eigenvalue weighted by Gasteiger charge is -2.57. The van der Waals surface area contributed by atoms with Gasteiger partial charge in [-0.3, -0.25) is 19.8 Å². The largest absolute Gasteiger partial charge is 0.491 e. The molecule has 2 atom stereocenters. The number of sulfonamides is 1. The summed E-state index contributed by atoms with van der Waals surface area (Å²) in [6, 6.07) is 20.6. The van der Waals surface area contributed by atoms with Gasteiger partial charge in [0.2, 0.25) is 0 Å². The van der Waals surface area contributed by atoms with Crippen molar-refractivity contribution in [3.63, 3.8) is 0 Å². The van der Waals surface area contributed by atoms with Crippen LogP contribution in [0, 0.1) is 21.4 Å². The van der Waals surface area contributed by atoms with E-state index in [4.69, 9.17) is 14.2 Å². The molecule has 1 spiro atoms. The van der Waals surface area contributed by atoms with Gasteiger partial charge in [0, 0.05) is 66.4 Å². The molecule has 10 rings (SSSR count). The third-order valence-corrected chi connectivity index (χ3v) is 17.8. The lowest BCUT2D eigenvalue weighted by Crippen LogP contribution is -2.58. The summed E-state index contributed by atoms with van der Waals surface area (Å²) >= 11 is 1.32. The molecule has 1 amide bonds. The third kappa shape index (κ3) is 9.56. The molecule has 17 heteroatoms. The topological polar surface area (TPSA) is 189 Å². The summed E-state index contributed by atoms with van der Waals surface area (Å²) in [4.78, 5) is 38.2. The zero-order valence-corrected chi connectivity index (χ0v) is 40.5. The maximum Gasteiger partial charge on any atom is 0.288 e. The van der Waals surface area contributed by atoms with Crippen LogP contribution < -0.4 is 19.1 Å². The zero-order valence-electron chi connectivity index (χ0n) is 38.8.